The summed E-state index contributed by atoms with van der Waals surface area (Å²) in [6, 6.07) is -0.0609. The van der Waals surface area contributed by atoms with Crippen molar-refractivity contribution in [3.63, 3.8) is 0 Å². The molecule has 27 heavy (non-hydrogen) atoms. The number of thiophene rings is 1. The Morgan fingerprint density at radius 2 is 2.11 bits per heavy atom. The molecule has 0 spiro atoms. The Bertz CT molecular complexity index is 962. The summed E-state index contributed by atoms with van der Waals surface area (Å²) in [5.41, 5.74) is 0.869. The maximum atomic E-state index is 12.7. The van der Waals surface area contributed by atoms with E-state index in [0.29, 0.717) is 31.6 Å². The second-order valence-electron chi connectivity index (χ2n) is 6.88. The van der Waals surface area contributed by atoms with Crippen molar-refractivity contribution < 1.29 is 9.59 Å². The van der Waals surface area contributed by atoms with Crippen LogP contribution in [0.5, 0.6) is 0 Å². The van der Waals surface area contributed by atoms with Crippen LogP contribution in [0.25, 0.3) is 10.2 Å². The molecule has 1 saturated heterocycles. The number of carbonyl (C=O) groups excluding carboxylic acids is 2. The van der Waals surface area contributed by atoms with Crippen LogP contribution in [0.2, 0.25) is 0 Å². The third-order valence-electron chi connectivity index (χ3n) is 5.16. The first-order valence-corrected chi connectivity index (χ1v) is 9.81. The van der Waals surface area contributed by atoms with Crippen molar-refractivity contribution in [2.45, 2.75) is 39.8 Å². The third kappa shape index (κ3) is 3.66. The van der Waals surface area contributed by atoms with Crippen LogP contribution < -0.4 is 5.56 Å². The van der Waals surface area contributed by atoms with E-state index in [1.807, 2.05) is 20.8 Å². The normalized spacial score (nSPS) is 17.4. The van der Waals surface area contributed by atoms with Gasteiger partial charge in [0.15, 0.2) is 0 Å². The van der Waals surface area contributed by atoms with Gasteiger partial charge in [0.1, 0.15) is 4.83 Å². The summed E-state index contributed by atoms with van der Waals surface area (Å²) in [4.78, 5) is 46.8. The van der Waals surface area contributed by atoms with E-state index in [1.165, 1.54) is 28.3 Å². The van der Waals surface area contributed by atoms with Gasteiger partial charge in [0, 0.05) is 43.5 Å². The molecule has 1 atom stereocenters. The average Bonchev–Trinajstić information content (AvgIpc) is 2.94. The van der Waals surface area contributed by atoms with Gasteiger partial charge in [-0.15, -0.1) is 11.3 Å². The van der Waals surface area contributed by atoms with Crippen molar-refractivity contribution in [1.29, 1.82) is 0 Å². The van der Waals surface area contributed by atoms with Gasteiger partial charge >= 0.3 is 0 Å². The van der Waals surface area contributed by atoms with E-state index in [0.717, 1.165) is 15.3 Å². The molecule has 2 amide bonds. The molecule has 7 nitrogen and oxygen atoms in total. The molecule has 3 rings (SSSR count). The molecule has 0 bridgehead atoms. The first kappa shape index (κ1) is 19.3. The largest absolute Gasteiger partial charge is 0.336 e. The van der Waals surface area contributed by atoms with Gasteiger partial charge in [-0.05, 0) is 32.4 Å². The molecule has 0 N–H and O–H groups in total. The van der Waals surface area contributed by atoms with E-state index in [9.17, 15) is 14.4 Å². The van der Waals surface area contributed by atoms with Crippen LogP contribution in [0.4, 0.5) is 0 Å². The zero-order valence-electron chi connectivity index (χ0n) is 15.9. The Kier molecular flexibility index (Phi) is 5.46. The van der Waals surface area contributed by atoms with Crippen LogP contribution in [0, 0.1) is 13.8 Å². The first-order valence-electron chi connectivity index (χ1n) is 8.99. The highest BCUT2D eigenvalue weighted by molar-refractivity contribution is 7.18. The summed E-state index contributed by atoms with van der Waals surface area (Å²) in [6.07, 6.45) is 3.06. The van der Waals surface area contributed by atoms with Gasteiger partial charge in [-0.1, -0.05) is 6.58 Å². The highest BCUT2D eigenvalue weighted by atomic mass is 32.1. The number of fused-ring (bicyclic) bond motifs is 1. The quantitative estimate of drug-likeness (QED) is 0.748. The van der Waals surface area contributed by atoms with Crippen molar-refractivity contribution in [3.05, 3.63) is 39.8 Å². The number of hydrogen-bond donors (Lipinski definition) is 0. The molecule has 1 aliphatic rings. The van der Waals surface area contributed by atoms with Crippen LogP contribution in [0.15, 0.2) is 23.8 Å². The zero-order chi connectivity index (χ0) is 19.7. The van der Waals surface area contributed by atoms with Crippen molar-refractivity contribution in [3.8, 4) is 0 Å². The van der Waals surface area contributed by atoms with Crippen LogP contribution in [-0.4, -0.2) is 56.8 Å². The van der Waals surface area contributed by atoms with E-state index in [4.69, 9.17) is 0 Å². The van der Waals surface area contributed by atoms with E-state index in [1.54, 1.807) is 9.80 Å². The predicted molar refractivity (Wildman–Crippen MR) is 106 cm³/mol. The van der Waals surface area contributed by atoms with Crippen molar-refractivity contribution in [2.75, 3.05) is 19.6 Å². The Balaban J connectivity index is 1.68. The first-order chi connectivity index (χ1) is 12.8. The summed E-state index contributed by atoms with van der Waals surface area (Å²) >= 11 is 1.51. The maximum absolute atomic E-state index is 12.7. The molecule has 0 saturated carbocycles. The Morgan fingerprint density at radius 3 is 2.78 bits per heavy atom. The number of carbonyl (C=O) groups is 2. The van der Waals surface area contributed by atoms with E-state index < -0.39 is 0 Å². The lowest BCUT2D eigenvalue weighted by atomic mass is 10.1. The summed E-state index contributed by atoms with van der Waals surface area (Å²) in [5, 5.41) is 0.650. The monoisotopic (exact) mass is 388 g/mol. The highest BCUT2D eigenvalue weighted by Gasteiger charge is 2.28. The predicted octanol–water partition coefficient (Wildman–Crippen LogP) is 1.71. The molecule has 1 fully saturated rings. The molecule has 0 radical (unpaired) electrons. The van der Waals surface area contributed by atoms with E-state index >= 15 is 0 Å². The summed E-state index contributed by atoms with van der Waals surface area (Å²) in [6.45, 7) is 11.1. The van der Waals surface area contributed by atoms with Gasteiger partial charge in [-0.3, -0.25) is 19.0 Å². The highest BCUT2D eigenvalue weighted by Crippen LogP contribution is 2.25. The molecule has 144 valence electrons. The topological polar surface area (TPSA) is 75.5 Å². The smallest absolute Gasteiger partial charge is 0.262 e. The Labute approximate surface area is 161 Å². The van der Waals surface area contributed by atoms with Gasteiger partial charge in [-0.2, -0.15) is 0 Å². The maximum Gasteiger partial charge on any atom is 0.262 e. The number of aryl methyl sites for hydroxylation is 3. The van der Waals surface area contributed by atoms with Crippen molar-refractivity contribution in [1.82, 2.24) is 19.4 Å². The van der Waals surface area contributed by atoms with Crippen LogP contribution in [0.3, 0.4) is 0 Å². The van der Waals surface area contributed by atoms with Crippen LogP contribution >= 0.6 is 11.3 Å². The second-order valence-corrected chi connectivity index (χ2v) is 8.08. The number of piperazine rings is 1. The van der Waals surface area contributed by atoms with Gasteiger partial charge in [0.2, 0.25) is 11.8 Å². The SMILES string of the molecule is C=CC(=O)N1CCN(C(=O)CCn2cnc3sc(C)c(C)c3c2=O)[C@@H](C)C1. The minimum Gasteiger partial charge on any atom is -0.336 e. The number of nitrogens with zero attached hydrogens (tertiary/aromatic N) is 4. The summed E-state index contributed by atoms with van der Waals surface area (Å²) in [7, 11) is 0. The fourth-order valence-corrected chi connectivity index (χ4v) is 4.43. The number of aromatic nitrogens is 2. The molecule has 8 heteroatoms. The number of amides is 2. The summed E-state index contributed by atoms with van der Waals surface area (Å²) < 4.78 is 1.52. The van der Waals surface area contributed by atoms with E-state index in [-0.39, 0.29) is 29.8 Å². The lowest BCUT2D eigenvalue weighted by Crippen LogP contribution is -2.55. The van der Waals surface area contributed by atoms with Gasteiger partial charge in [-0.25, -0.2) is 4.98 Å². The fourth-order valence-electron chi connectivity index (χ4n) is 3.45. The molecule has 0 aromatic carbocycles. The lowest BCUT2D eigenvalue weighted by molar-refractivity contribution is -0.140. The minimum atomic E-state index is -0.110. The third-order valence-corrected chi connectivity index (χ3v) is 6.27. The molecular formula is C19H24N4O3S. The zero-order valence-corrected chi connectivity index (χ0v) is 16.7. The van der Waals surface area contributed by atoms with Crippen LogP contribution in [-0.2, 0) is 16.1 Å². The summed E-state index contributed by atoms with van der Waals surface area (Å²) in [5.74, 6) is -0.125. The fraction of sp³-hybridized carbons (Fsp3) is 0.474. The average molecular weight is 388 g/mol. The molecule has 2 aromatic rings. The lowest BCUT2D eigenvalue weighted by Gasteiger charge is -2.39. The molecule has 0 unspecified atom stereocenters. The van der Waals surface area contributed by atoms with Crippen molar-refractivity contribution in [2.24, 2.45) is 0 Å². The van der Waals surface area contributed by atoms with Gasteiger partial charge < -0.3 is 9.80 Å². The Morgan fingerprint density at radius 1 is 1.37 bits per heavy atom. The van der Waals surface area contributed by atoms with Crippen LogP contribution in [0.1, 0.15) is 23.8 Å². The van der Waals surface area contributed by atoms with Crippen molar-refractivity contribution >= 4 is 33.4 Å². The molecule has 3 heterocycles. The number of hydrogen-bond acceptors (Lipinski definition) is 5. The number of rotatable bonds is 4. The van der Waals surface area contributed by atoms with E-state index in [2.05, 4.69) is 11.6 Å². The second kappa shape index (κ2) is 7.64. The minimum absolute atomic E-state index is 0.0154. The molecule has 2 aromatic heterocycles. The molecular weight excluding hydrogens is 364 g/mol. The van der Waals surface area contributed by atoms with Gasteiger partial charge in [0.25, 0.3) is 5.56 Å². The molecule has 0 aliphatic carbocycles. The Hall–Kier alpha value is -2.48. The van der Waals surface area contributed by atoms with Gasteiger partial charge in [0.05, 0.1) is 11.7 Å². The standard InChI is InChI=1S/C19H24N4O3S/c1-5-15(24)21-8-9-23(12(2)10-21)16(25)6-7-22-11-20-18-17(19(22)26)13(3)14(4)27-18/h5,11-12H,1,6-10H2,2-4H3/t12-/m0/s1. The molecule has 1 aliphatic heterocycles.